The fourth-order valence-corrected chi connectivity index (χ4v) is 2.72. The maximum atomic E-state index is 12.7. The highest BCUT2D eigenvalue weighted by molar-refractivity contribution is 5.27. The van der Waals surface area contributed by atoms with Crippen molar-refractivity contribution in [2.24, 2.45) is 5.73 Å². The Hall–Kier alpha value is -1.07. The van der Waals surface area contributed by atoms with E-state index in [-0.39, 0.29) is 12.1 Å². The van der Waals surface area contributed by atoms with E-state index in [1.54, 1.807) is 6.07 Å². The van der Waals surface area contributed by atoms with Gasteiger partial charge in [-0.25, -0.2) is 0 Å². The summed E-state index contributed by atoms with van der Waals surface area (Å²) in [5, 5.41) is 3.41. The predicted molar refractivity (Wildman–Crippen MR) is 73.2 cm³/mol. The van der Waals surface area contributed by atoms with Crippen molar-refractivity contribution in [3.8, 4) is 0 Å². The molecule has 112 valence electrons. The molecule has 5 heteroatoms. The van der Waals surface area contributed by atoms with Crippen molar-refractivity contribution in [3.63, 3.8) is 0 Å². The van der Waals surface area contributed by atoms with Gasteiger partial charge in [0.05, 0.1) is 5.56 Å². The van der Waals surface area contributed by atoms with Gasteiger partial charge in [-0.05, 0) is 50.3 Å². The molecule has 1 aromatic carbocycles. The van der Waals surface area contributed by atoms with Gasteiger partial charge in [0, 0.05) is 18.1 Å². The van der Waals surface area contributed by atoms with Gasteiger partial charge in [-0.15, -0.1) is 0 Å². The molecule has 2 rings (SSSR count). The largest absolute Gasteiger partial charge is 0.416 e. The standard InChI is InChI=1S/C15H21F3N2/c1-10(20-14-7-5-13(19)6-8-14)11-3-2-4-12(9-11)15(16,17)18/h2-4,9-10,13-14,20H,5-8,19H2,1H3. The Bertz CT molecular complexity index is 437. The quantitative estimate of drug-likeness (QED) is 0.890. The number of hydrogen-bond acceptors (Lipinski definition) is 2. The van der Waals surface area contributed by atoms with Gasteiger partial charge in [-0.3, -0.25) is 0 Å². The lowest BCUT2D eigenvalue weighted by Gasteiger charge is -2.30. The van der Waals surface area contributed by atoms with Gasteiger partial charge in [-0.2, -0.15) is 13.2 Å². The third-order valence-corrected chi connectivity index (χ3v) is 3.97. The molecule has 0 spiro atoms. The minimum Gasteiger partial charge on any atom is -0.328 e. The van der Waals surface area contributed by atoms with Crippen LogP contribution in [-0.4, -0.2) is 12.1 Å². The first-order valence-corrected chi connectivity index (χ1v) is 7.05. The Balaban J connectivity index is 2.00. The fourth-order valence-electron chi connectivity index (χ4n) is 2.72. The lowest BCUT2D eigenvalue weighted by Crippen LogP contribution is -2.38. The number of halogens is 3. The number of hydrogen-bond donors (Lipinski definition) is 2. The topological polar surface area (TPSA) is 38.0 Å². The molecule has 1 unspecified atom stereocenters. The zero-order valence-electron chi connectivity index (χ0n) is 11.6. The van der Waals surface area contributed by atoms with E-state index in [1.165, 1.54) is 12.1 Å². The monoisotopic (exact) mass is 286 g/mol. The fraction of sp³-hybridized carbons (Fsp3) is 0.600. The second kappa shape index (κ2) is 6.14. The van der Waals surface area contributed by atoms with Crippen molar-refractivity contribution < 1.29 is 13.2 Å². The summed E-state index contributed by atoms with van der Waals surface area (Å²) < 4.78 is 38.1. The molecule has 1 fully saturated rings. The molecule has 0 saturated heterocycles. The molecule has 1 atom stereocenters. The van der Waals surface area contributed by atoms with Crippen LogP contribution < -0.4 is 11.1 Å². The van der Waals surface area contributed by atoms with E-state index < -0.39 is 11.7 Å². The van der Waals surface area contributed by atoms with Gasteiger partial charge in [0.2, 0.25) is 0 Å². The summed E-state index contributed by atoms with van der Waals surface area (Å²) >= 11 is 0. The van der Waals surface area contributed by atoms with Crippen LogP contribution in [0.1, 0.15) is 49.8 Å². The SMILES string of the molecule is CC(NC1CCC(N)CC1)c1cccc(C(F)(F)F)c1. The maximum Gasteiger partial charge on any atom is 0.416 e. The second-order valence-electron chi connectivity index (χ2n) is 5.62. The van der Waals surface area contributed by atoms with E-state index >= 15 is 0 Å². The molecule has 0 radical (unpaired) electrons. The summed E-state index contributed by atoms with van der Waals surface area (Å²) in [7, 11) is 0. The van der Waals surface area contributed by atoms with Gasteiger partial charge < -0.3 is 11.1 Å². The van der Waals surface area contributed by atoms with Gasteiger partial charge >= 0.3 is 6.18 Å². The van der Waals surface area contributed by atoms with Gasteiger partial charge in [0.1, 0.15) is 0 Å². The maximum absolute atomic E-state index is 12.7. The summed E-state index contributed by atoms with van der Waals surface area (Å²) in [6.07, 6.45) is -0.345. The van der Waals surface area contributed by atoms with E-state index in [0.29, 0.717) is 11.6 Å². The van der Waals surface area contributed by atoms with E-state index in [1.807, 2.05) is 6.92 Å². The first-order valence-electron chi connectivity index (χ1n) is 7.05. The normalized spacial score (nSPS) is 25.4. The lowest BCUT2D eigenvalue weighted by atomic mass is 9.91. The van der Waals surface area contributed by atoms with Gasteiger partial charge in [-0.1, -0.05) is 12.1 Å². The molecular formula is C15H21F3N2. The molecule has 0 aromatic heterocycles. The van der Waals surface area contributed by atoms with Crippen LogP contribution in [0.3, 0.4) is 0 Å². The van der Waals surface area contributed by atoms with Gasteiger partial charge in [0.25, 0.3) is 0 Å². The van der Waals surface area contributed by atoms with E-state index in [0.717, 1.165) is 31.7 Å². The summed E-state index contributed by atoms with van der Waals surface area (Å²) in [5.41, 5.74) is 5.94. The zero-order chi connectivity index (χ0) is 14.8. The number of nitrogens with two attached hydrogens (primary N) is 1. The summed E-state index contributed by atoms with van der Waals surface area (Å²) in [6.45, 7) is 1.91. The first kappa shape index (κ1) is 15.3. The van der Waals surface area contributed by atoms with E-state index in [4.69, 9.17) is 5.73 Å². The molecule has 0 amide bonds. The van der Waals surface area contributed by atoms with Crippen LogP contribution in [0.4, 0.5) is 13.2 Å². The Labute approximate surface area is 117 Å². The number of rotatable bonds is 3. The third-order valence-electron chi connectivity index (χ3n) is 3.97. The van der Waals surface area contributed by atoms with Gasteiger partial charge in [0.15, 0.2) is 0 Å². The summed E-state index contributed by atoms with van der Waals surface area (Å²) in [5.74, 6) is 0. The lowest BCUT2D eigenvalue weighted by molar-refractivity contribution is -0.137. The molecule has 2 nitrogen and oxygen atoms in total. The molecule has 0 bridgehead atoms. The molecule has 3 N–H and O–H groups in total. The number of nitrogens with one attached hydrogen (secondary N) is 1. The van der Waals surface area contributed by atoms with Crippen LogP contribution in [0.25, 0.3) is 0 Å². The van der Waals surface area contributed by atoms with Crippen molar-refractivity contribution in [1.29, 1.82) is 0 Å². The molecule has 1 aliphatic rings. The summed E-state index contributed by atoms with van der Waals surface area (Å²) in [4.78, 5) is 0. The molecule has 0 heterocycles. The molecule has 1 saturated carbocycles. The highest BCUT2D eigenvalue weighted by Gasteiger charge is 2.31. The Morgan fingerprint density at radius 1 is 1.20 bits per heavy atom. The predicted octanol–water partition coefficient (Wildman–Crippen LogP) is 3.63. The zero-order valence-corrected chi connectivity index (χ0v) is 11.6. The summed E-state index contributed by atoms with van der Waals surface area (Å²) in [6, 6.07) is 6.07. The minimum atomic E-state index is -4.28. The van der Waals surface area contributed by atoms with Crippen molar-refractivity contribution in [2.45, 2.75) is 56.9 Å². The Morgan fingerprint density at radius 2 is 1.85 bits per heavy atom. The van der Waals surface area contributed by atoms with E-state index in [9.17, 15) is 13.2 Å². The molecule has 20 heavy (non-hydrogen) atoms. The number of benzene rings is 1. The van der Waals surface area contributed by atoms with Crippen molar-refractivity contribution in [2.75, 3.05) is 0 Å². The van der Waals surface area contributed by atoms with E-state index in [2.05, 4.69) is 5.32 Å². The number of alkyl halides is 3. The van der Waals surface area contributed by atoms with Crippen molar-refractivity contribution >= 4 is 0 Å². The average molecular weight is 286 g/mol. The Morgan fingerprint density at radius 3 is 2.45 bits per heavy atom. The molecule has 1 aliphatic carbocycles. The van der Waals surface area contributed by atoms with Crippen LogP contribution in [0.2, 0.25) is 0 Å². The molecule has 1 aromatic rings. The highest BCUT2D eigenvalue weighted by atomic mass is 19.4. The smallest absolute Gasteiger partial charge is 0.328 e. The minimum absolute atomic E-state index is 0.0865. The van der Waals surface area contributed by atoms with Crippen LogP contribution in [-0.2, 0) is 6.18 Å². The van der Waals surface area contributed by atoms with Crippen molar-refractivity contribution in [3.05, 3.63) is 35.4 Å². The first-order chi connectivity index (χ1) is 9.36. The van der Waals surface area contributed by atoms with Crippen LogP contribution >= 0.6 is 0 Å². The highest BCUT2D eigenvalue weighted by Crippen LogP contribution is 2.31. The van der Waals surface area contributed by atoms with Crippen LogP contribution in [0, 0.1) is 0 Å². The van der Waals surface area contributed by atoms with Crippen LogP contribution in [0.5, 0.6) is 0 Å². The molecule has 0 aliphatic heterocycles. The van der Waals surface area contributed by atoms with Crippen molar-refractivity contribution in [1.82, 2.24) is 5.32 Å². The average Bonchev–Trinajstić information content (AvgIpc) is 2.40. The molecular weight excluding hydrogens is 265 g/mol. The second-order valence-corrected chi connectivity index (χ2v) is 5.62. The van der Waals surface area contributed by atoms with Crippen LogP contribution in [0.15, 0.2) is 24.3 Å². The Kier molecular flexibility index (Phi) is 4.70. The third kappa shape index (κ3) is 3.96.